The number of nitrogens with one attached hydrogen (secondary N) is 1. The molecule has 18 heavy (non-hydrogen) atoms. The van der Waals surface area contributed by atoms with Crippen molar-refractivity contribution in [2.24, 2.45) is 0 Å². The molecule has 0 aliphatic rings. The molecule has 1 rings (SSSR count). The molecule has 0 aliphatic heterocycles. The van der Waals surface area contributed by atoms with Gasteiger partial charge in [-0.1, -0.05) is 24.9 Å². The minimum atomic E-state index is -3.83. The predicted molar refractivity (Wildman–Crippen MR) is 71.1 cm³/mol. The molecule has 0 bridgehead atoms. The van der Waals surface area contributed by atoms with Gasteiger partial charge in [0.15, 0.2) is 0 Å². The van der Waals surface area contributed by atoms with Gasteiger partial charge in [0.25, 0.3) is 0 Å². The summed E-state index contributed by atoms with van der Waals surface area (Å²) < 4.78 is 39.1. The molecule has 0 aliphatic carbocycles. The Balaban J connectivity index is 2.83. The van der Waals surface area contributed by atoms with Gasteiger partial charge in [-0.2, -0.15) is 0 Å². The van der Waals surface area contributed by atoms with E-state index in [-0.39, 0.29) is 21.8 Å². The second kappa shape index (κ2) is 6.70. The van der Waals surface area contributed by atoms with Crippen LogP contribution in [0.2, 0.25) is 5.02 Å². The van der Waals surface area contributed by atoms with E-state index < -0.39 is 15.8 Å². The van der Waals surface area contributed by atoms with Crippen LogP contribution in [-0.2, 0) is 10.0 Å². The highest BCUT2D eigenvalue weighted by atomic mass is 35.5. The Morgan fingerprint density at radius 2 is 2.11 bits per heavy atom. The Labute approximate surface area is 116 Å². The number of alkyl halides is 1. The van der Waals surface area contributed by atoms with Gasteiger partial charge in [-0.15, -0.1) is 11.6 Å². The van der Waals surface area contributed by atoms with Crippen LogP contribution < -0.4 is 4.72 Å². The highest BCUT2D eigenvalue weighted by molar-refractivity contribution is 7.89. The summed E-state index contributed by atoms with van der Waals surface area (Å²) in [4.78, 5) is -0.274. The number of rotatable bonds is 6. The first-order valence-electron chi connectivity index (χ1n) is 5.45. The molecule has 0 heterocycles. The van der Waals surface area contributed by atoms with E-state index in [4.69, 9.17) is 23.2 Å². The zero-order valence-corrected chi connectivity index (χ0v) is 12.1. The zero-order valence-electron chi connectivity index (χ0n) is 9.79. The van der Waals surface area contributed by atoms with Crippen molar-refractivity contribution in [2.45, 2.75) is 30.0 Å². The fourth-order valence-electron chi connectivity index (χ4n) is 1.38. The van der Waals surface area contributed by atoms with Crippen LogP contribution in [0.5, 0.6) is 0 Å². The topological polar surface area (TPSA) is 46.2 Å². The molecule has 1 N–H and O–H groups in total. The molecule has 0 saturated heterocycles. The molecule has 0 aromatic heterocycles. The van der Waals surface area contributed by atoms with E-state index in [0.717, 1.165) is 18.6 Å². The molecule has 7 heteroatoms. The van der Waals surface area contributed by atoms with Crippen LogP contribution in [0.4, 0.5) is 4.39 Å². The summed E-state index contributed by atoms with van der Waals surface area (Å²) in [6.07, 6.45) is 1.55. The minimum Gasteiger partial charge on any atom is -0.210 e. The molecule has 3 nitrogen and oxygen atoms in total. The Bertz CT molecular complexity index is 508. The number of hydrogen-bond donors (Lipinski definition) is 1. The molecule has 0 spiro atoms. The maximum Gasteiger partial charge on any atom is 0.242 e. The Kier molecular flexibility index (Phi) is 5.85. The molecule has 102 valence electrons. The molecule has 0 radical (unpaired) electrons. The van der Waals surface area contributed by atoms with Crippen molar-refractivity contribution >= 4 is 33.2 Å². The molecule has 0 fully saturated rings. The highest BCUT2D eigenvalue weighted by Gasteiger charge is 2.19. The van der Waals surface area contributed by atoms with E-state index in [1.165, 1.54) is 6.07 Å². The van der Waals surface area contributed by atoms with Gasteiger partial charge in [0.2, 0.25) is 10.0 Å². The second-order valence-corrected chi connectivity index (χ2v) is 6.57. The van der Waals surface area contributed by atoms with Crippen molar-refractivity contribution in [3.05, 3.63) is 29.0 Å². The third-order valence-electron chi connectivity index (χ3n) is 2.28. The largest absolute Gasteiger partial charge is 0.242 e. The van der Waals surface area contributed by atoms with Gasteiger partial charge in [-0.25, -0.2) is 17.5 Å². The van der Waals surface area contributed by atoms with Gasteiger partial charge in [-0.3, -0.25) is 0 Å². The summed E-state index contributed by atoms with van der Waals surface area (Å²) in [5, 5.41) is -0.317. The summed E-state index contributed by atoms with van der Waals surface area (Å²) in [6, 6.07) is 3.19. The third kappa shape index (κ3) is 4.39. The molecule has 1 aromatic rings. The predicted octanol–water partition coefficient (Wildman–Crippen LogP) is 3.16. The van der Waals surface area contributed by atoms with E-state index in [2.05, 4.69) is 4.72 Å². The minimum absolute atomic E-state index is 0.0227. The molecule has 0 saturated carbocycles. The van der Waals surface area contributed by atoms with Crippen molar-refractivity contribution in [3.8, 4) is 0 Å². The van der Waals surface area contributed by atoms with Crippen LogP contribution >= 0.6 is 23.2 Å². The van der Waals surface area contributed by atoms with Gasteiger partial charge in [-0.05, 0) is 24.6 Å². The zero-order chi connectivity index (χ0) is 13.8. The van der Waals surface area contributed by atoms with Gasteiger partial charge >= 0.3 is 0 Å². The monoisotopic (exact) mass is 313 g/mol. The maximum absolute atomic E-state index is 13.0. The van der Waals surface area contributed by atoms with Crippen molar-refractivity contribution in [3.63, 3.8) is 0 Å². The van der Waals surface area contributed by atoms with Crippen LogP contribution in [0, 0.1) is 5.82 Å². The Hall–Kier alpha value is -0.360. The molecular weight excluding hydrogens is 300 g/mol. The first-order chi connectivity index (χ1) is 8.36. The van der Waals surface area contributed by atoms with E-state index in [1.54, 1.807) is 0 Å². The number of sulfonamides is 1. The first kappa shape index (κ1) is 15.7. The molecular formula is C11H14Cl2FNO2S. The summed E-state index contributed by atoms with van der Waals surface area (Å²) in [7, 11) is -3.83. The SMILES string of the molecule is CCCC(Cl)CNS(=O)(=O)c1cc(F)ccc1Cl. The maximum atomic E-state index is 13.0. The fraction of sp³-hybridized carbons (Fsp3) is 0.455. The van der Waals surface area contributed by atoms with Crippen molar-refractivity contribution in [1.82, 2.24) is 4.72 Å². The summed E-state index contributed by atoms with van der Waals surface area (Å²) in [5.41, 5.74) is 0. The molecule has 0 amide bonds. The van der Waals surface area contributed by atoms with Gasteiger partial charge < -0.3 is 0 Å². The fourth-order valence-corrected chi connectivity index (χ4v) is 3.35. The second-order valence-electron chi connectivity index (χ2n) is 3.81. The summed E-state index contributed by atoms with van der Waals surface area (Å²) >= 11 is 11.6. The lowest BCUT2D eigenvalue weighted by molar-refractivity contribution is 0.573. The average molecular weight is 314 g/mol. The van der Waals surface area contributed by atoms with Gasteiger partial charge in [0.1, 0.15) is 10.7 Å². The van der Waals surface area contributed by atoms with Crippen LogP contribution in [-0.4, -0.2) is 20.3 Å². The van der Waals surface area contributed by atoms with E-state index >= 15 is 0 Å². The van der Waals surface area contributed by atoms with Crippen molar-refractivity contribution < 1.29 is 12.8 Å². The van der Waals surface area contributed by atoms with Crippen LogP contribution in [0.1, 0.15) is 19.8 Å². The van der Waals surface area contributed by atoms with Crippen molar-refractivity contribution in [1.29, 1.82) is 0 Å². The summed E-state index contributed by atoms with van der Waals surface area (Å²) in [5.74, 6) is -0.657. The van der Waals surface area contributed by atoms with Crippen LogP contribution in [0.25, 0.3) is 0 Å². The molecule has 1 atom stereocenters. The van der Waals surface area contributed by atoms with E-state index in [1.807, 2.05) is 6.92 Å². The van der Waals surface area contributed by atoms with E-state index in [9.17, 15) is 12.8 Å². The lowest BCUT2D eigenvalue weighted by Crippen LogP contribution is -2.30. The summed E-state index contributed by atoms with van der Waals surface area (Å²) in [6.45, 7) is 2.04. The number of halogens is 3. The number of hydrogen-bond acceptors (Lipinski definition) is 2. The average Bonchev–Trinajstić information content (AvgIpc) is 2.30. The molecule has 1 aromatic carbocycles. The van der Waals surface area contributed by atoms with Crippen molar-refractivity contribution in [2.75, 3.05) is 6.54 Å². The van der Waals surface area contributed by atoms with Gasteiger partial charge in [0, 0.05) is 11.9 Å². The smallest absolute Gasteiger partial charge is 0.210 e. The van der Waals surface area contributed by atoms with E-state index in [0.29, 0.717) is 6.42 Å². The van der Waals surface area contributed by atoms with Gasteiger partial charge in [0.05, 0.1) is 5.02 Å². The Morgan fingerprint density at radius 3 is 2.72 bits per heavy atom. The highest BCUT2D eigenvalue weighted by Crippen LogP contribution is 2.22. The third-order valence-corrected chi connectivity index (χ3v) is 4.56. The van der Waals surface area contributed by atoms with Crippen LogP contribution in [0.3, 0.4) is 0 Å². The quantitative estimate of drug-likeness (QED) is 0.820. The standard InChI is InChI=1S/C11H14Cl2FNO2S/c1-2-3-8(12)7-15-18(16,17)11-6-9(14)4-5-10(11)13/h4-6,8,15H,2-3,7H2,1H3. The lowest BCUT2D eigenvalue weighted by atomic mass is 10.2. The normalized spacial score (nSPS) is 13.6. The van der Waals surface area contributed by atoms with Crippen LogP contribution in [0.15, 0.2) is 23.1 Å². The molecule has 1 unspecified atom stereocenters. The Morgan fingerprint density at radius 1 is 1.44 bits per heavy atom. The lowest BCUT2D eigenvalue weighted by Gasteiger charge is -2.11. The first-order valence-corrected chi connectivity index (χ1v) is 7.75. The number of benzene rings is 1.